The number of anilines is 1. The van der Waals surface area contributed by atoms with Gasteiger partial charge in [-0.25, -0.2) is 0 Å². The first kappa shape index (κ1) is 19.2. The zero-order chi connectivity index (χ0) is 19.1. The van der Waals surface area contributed by atoms with Crippen molar-refractivity contribution in [1.29, 1.82) is 0 Å². The largest absolute Gasteiger partial charge is 0.366 e. The third-order valence-electron chi connectivity index (χ3n) is 5.21. The van der Waals surface area contributed by atoms with Crippen LogP contribution < -0.4 is 4.90 Å². The van der Waals surface area contributed by atoms with Gasteiger partial charge in [0.2, 0.25) is 0 Å². The van der Waals surface area contributed by atoms with E-state index in [0.717, 1.165) is 18.5 Å². The Morgan fingerprint density at radius 1 is 1.42 bits per heavy atom. The molecule has 2 aliphatic heterocycles. The predicted molar refractivity (Wildman–Crippen MR) is 117 cm³/mol. The molecule has 0 aliphatic carbocycles. The van der Waals surface area contributed by atoms with Crippen LogP contribution in [-0.2, 0) is 4.79 Å². The van der Waals surface area contributed by atoms with Crippen LogP contribution in [-0.4, -0.2) is 33.8 Å². The molecule has 5 heteroatoms. The van der Waals surface area contributed by atoms with Crippen molar-refractivity contribution < 1.29 is 4.79 Å². The lowest BCUT2D eigenvalue weighted by Gasteiger charge is -2.47. The number of hydrogen-bond acceptors (Lipinski definition) is 4. The van der Waals surface area contributed by atoms with E-state index in [1.165, 1.54) is 23.0 Å². The van der Waals surface area contributed by atoms with Crippen LogP contribution in [0.5, 0.6) is 0 Å². The first-order chi connectivity index (χ1) is 12.3. The molecule has 3 nitrogen and oxygen atoms in total. The minimum absolute atomic E-state index is 0.0259. The van der Waals surface area contributed by atoms with Gasteiger partial charge in [0.1, 0.15) is 4.32 Å². The minimum atomic E-state index is -0.0259. The van der Waals surface area contributed by atoms with E-state index in [2.05, 4.69) is 57.4 Å². The van der Waals surface area contributed by atoms with Crippen molar-refractivity contribution in [1.82, 2.24) is 4.90 Å². The highest BCUT2D eigenvalue weighted by Crippen LogP contribution is 2.44. The number of thiocarbonyl (C=S) groups is 1. The quantitative estimate of drug-likeness (QED) is 0.404. The lowest BCUT2D eigenvalue weighted by molar-refractivity contribution is -0.121. The zero-order valence-corrected chi connectivity index (χ0v) is 17.5. The fourth-order valence-electron chi connectivity index (χ4n) is 4.14. The fraction of sp³-hybridized carbons (Fsp3) is 0.429. The number of fused-ring (bicyclic) bond motifs is 1. The van der Waals surface area contributed by atoms with Crippen LogP contribution in [0.15, 0.2) is 35.8 Å². The second-order valence-corrected chi connectivity index (χ2v) is 9.24. The first-order valence-corrected chi connectivity index (χ1v) is 10.3. The van der Waals surface area contributed by atoms with Gasteiger partial charge in [0.15, 0.2) is 0 Å². The summed E-state index contributed by atoms with van der Waals surface area (Å²) >= 11 is 6.69. The van der Waals surface area contributed by atoms with E-state index in [1.54, 1.807) is 11.0 Å². The van der Waals surface area contributed by atoms with Crippen molar-refractivity contribution in [2.75, 3.05) is 18.0 Å². The monoisotopic (exact) mass is 386 g/mol. The third kappa shape index (κ3) is 3.35. The summed E-state index contributed by atoms with van der Waals surface area (Å²) in [6, 6.07) is 6.54. The highest BCUT2D eigenvalue weighted by atomic mass is 32.2. The minimum Gasteiger partial charge on any atom is -0.366 e. The SMILES string of the molecule is C=CCN1C(=O)/C(=C\c2ccc3c(c2)C(C)CC(C)(C)N3CC)SC1=S. The number of carbonyl (C=O) groups is 1. The normalized spacial score (nSPS) is 23.5. The van der Waals surface area contributed by atoms with Gasteiger partial charge >= 0.3 is 0 Å². The summed E-state index contributed by atoms with van der Waals surface area (Å²) < 4.78 is 0.603. The molecule has 0 spiro atoms. The average molecular weight is 387 g/mol. The maximum atomic E-state index is 12.5. The van der Waals surface area contributed by atoms with Gasteiger partial charge in [-0.3, -0.25) is 9.69 Å². The molecule has 1 fully saturated rings. The van der Waals surface area contributed by atoms with Gasteiger partial charge in [0.25, 0.3) is 5.91 Å². The van der Waals surface area contributed by atoms with Crippen LogP contribution in [0.4, 0.5) is 5.69 Å². The first-order valence-electron chi connectivity index (χ1n) is 9.06. The Hall–Kier alpha value is -1.59. The molecule has 0 saturated carbocycles. The third-order valence-corrected chi connectivity index (χ3v) is 6.59. The van der Waals surface area contributed by atoms with Crippen molar-refractivity contribution in [3.63, 3.8) is 0 Å². The Labute approximate surface area is 166 Å². The van der Waals surface area contributed by atoms with E-state index in [4.69, 9.17) is 12.2 Å². The van der Waals surface area contributed by atoms with Gasteiger partial charge in [0, 0.05) is 24.3 Å². The van der Waals surface area contributed by atoms with E-state index in [-0.39, 0.29) is 11.4 Å². The van der Waals surface area contributed by atoms with Crippen LogP contribution >= 0.6 is 24.0 Å². The standard InChI is InChI=1S/C21H26N2OS2/c1-6-10-22-19(24)18(26-20(22)25)12-15-8-9-17-16(11-15)14(3)13-21(4,5)23(17)7-2/h6,8-9,11-12,14H,1,7,10,13H2,2-5H3/b18-12+. The molecule has 0 N–H and O–H groups in total. The molecule has 0 bridgehead atoms. The number of nitrogens with zero attached hydrogens (tertiary/aromatic N) is 2. The second-order valence-electron chi connectivity index (χ2n) is 7.56. The highest BCUT2D eigenvalue weighted by Gasteiger charge is 2.35. The smallest absolute Gasteiger partial charge is 0.266 e. The molecule has 1 aromatic rings. The van der Waals surface area contributed by atoms with Crippen LogP contribution in [0, 0.1) is 0 Å². The summed E-state index contributed by atoms with van der Waals surface area (Å²) in [5, 5.41) is 0. The Balaban J connectivity index is 1.95. The topological polar surface area (TPSA) is 23.6 Å². The lowest BCUT2D eigenvalue weighted by atomic mass is 9.79. The number of rotatable bonds is 4. The number of thioether (sulfide) groups is 1. The number of benzene rings is 1. The van der Waals surface area contributed by atoms with Crippen LogP contribution in [0.3, 0.4) is 0 Å². The molecule has 1 unspecified atom stereocenters. The Morgan fingerprint density at radius 3 is 2.81 bits per heavy atom. The van der Waals surface area contributed by atoms with Crippen LogP contribution in [0.1, 0.15) is 51.2 Å². The van der Waals surface area contributed by atoms with Gasteiger partial charge in [-0.2, -0.15) is 0 Å². The number of hydrogen-bond donors (Lipinski definition) is 0. The van der Waals surface area contributed by atoms with Crippen molar-refractivity contribution in [2.45, 2.75) is 45.6 Å². The summed E-state index contributed by atoms with van der Waals surface area (Å²) in [6.45, 7) is 14.3. The fourth-order valence-corrected chi connectivity index (χ4v) is 5.41. The summed E-state index contributed by atoms with van der Waals surface area (Å²) in [5.41, 5.74) is 3.90. The number of carbonyl (C=O) groups excluding carboxylic acids is 1. The summed E-state index contributed by atoms with van der Waals surface area (Å²) in [4.78, 5) is 17.3. The van der Waals surface area contributed by atoms with Gasteiger partial charge in [-0.05, 0) is 62.4 Å². The zero-order valence-electron chi connectivity index (χ0n) is 15.9. The molecule has 1 atom stereocenters. The molecule has 0 aromatic heterocycles. The van der Waals surface area contributed by atoms with Crippen LogP contribution in [0.2, 0.25) is 0 Å². The maximum absolute atomic E-state index is 12.5. The van der Waals surface area contributed by atoms with E-state index < -0.39 is 0 Å². The molecule has 1 aromatic carbocycles. The van der Waals surface area contributed by atoms with Gasteiger partial charge in [-0.15, -0.1) is 6.58 Å². The van der Waals surface area contributed by atoms with Crippen molar-refractivity contribution >= 4 is 46.0 Å². The molecular formula is C21H26N2OS2. The molecule has 2 heterocycles. The Kier molecular flexibility index (Phi) is 5.31. The van der Waals surface area contributed by atoms with E-state index in [9.17, 15) is 4.79 Å². The van der Waals surface area contributed by atoms with Crippen molar-refractivity contribution in [2.24, 2.45) is 0 Å². The highest BCUT2D eigenvalue weighted by molar-refractivity contribution is 8.26. The molecular weight excluding hydrogens is 360 g/mol. The van der Waals surface area contributed by atoms with Gasteiger partial charge < -0.3 is 4.90 Å². The second kappa shape index (κ2) is 7.20. The van der Waals surface area contributed by atoms with Crippen molar-refractivity contribution in [3.8, 4) is 0 Å². The maximum Gasteiger partial charge on any atom is 0.266 e. The molecule has 3 rings (SSSR count). The summed E-state index contributed by atoms with van der Waals surface area (Å²) in [5.74, 6) is 0.466. The van der Waals surface area contributed by atoms with E-state index in [1.807, 2.05) is 6.08 Å². The number of amides is 1. The molecule has 1 amide bonds. The summed E-state index contributed by atoms with van der Waals surface area (Å²) in [7, 11) is 0. The molecule has 0 radical (unpaired) electrons. The molecule has 1 saturated heterocycles. The van der Waals surface area contributed by atoms with Gasteiger partial charge in [0.05, 0.1) is 4.91 Å². The molecule has 26 heavy (non-hydrogen) atoms. The Bertz CT molecular complexity index is 797. The summed E-state index contributed by atoms with van der Waals surface area (Å²) in [6.07, 6.45) is 4.79. The van der Waals surface area contributed by atoms with E-state index >= 15 is 0 Å². The van der Waals surface area contributed by atoms with Crippen LogP contribution in [0.25, 0.3) is 6.08 Å². The molecule has 138 valence electrons. The lowest BCUT2D eigenvalue weighted by Crippen LogP contribution is -2.48. The van der Waals surface area contributed by atoms with Crippen molar-refractivity contribution in [3.05, 3.63) is 46.9 Å². The molecule has 2 aliphatic rings. The van der Waals surface area contributed by atoms with Gasteiger partial charge in [-0.1, -0.05) is 43.0 Å². The van der Waals surface area contributed by atoms with E-state index in [0.29, 0.717) is 21.7 Å². The average Bonchev–Trinajstić information content (AvgIpc) is 2.83. The Morgan fingerprint density at radius 2 is 2.15 bits per heavy atom. The predicted octanol–water partition coefficient (Wildman–Crippen LogP) is 5.19.